The van der Waals surface area contributed by atoms with Gasteiger partial charge in [0.15, 0.2) is 0 Å². The molecule has 0 aliphatic rings. The van der Waals surface area contributed by atoms with Crippen LogP contribution in [0.4, 0.5) is 0 Å². The molecule has 4 heavy (non-hydrogen) atoms. The van der Waals surface area contributed by atoms with Crippen LogP contribution < -0.4 is 5.34 Å². The number of hydrogen-bond donors (Lipinski definition) is 0. The minimum absolute atomic E-state index is 0. The molecule has 0 aromatic carbocycles. The van der Waals surface area contributed by atoms with E-state index in [4.69, 9.17) is 10.1 Å². The van der Waals surface area contributed by atoms with Crippen molar-refractivity contribution < 1.29 is 0 Å². The summed E-state index contributed by atoms with van der Waals surface area (Å²) in [6, 6.07) is 0. The molecule has 0 N–H and O–H groups in total. The Bertz CT molecular complexity index is 13.5. The van der Waals surface area contributed by atoms with Gasteiger partial charge in [0, 0.05) is 27.3 Å². The fraction of sp³-hybridized carbons (Fsp3) is 0. The van der Waals surface area contributed by atoms with E-state index < -0.39 is 0 Å². The van der Waals surface area contributed by atoms with Crippen LogP contribution in [0.15, 0.2) is 0 Å². The quantitative estimate of drug-likeness (QED) is 0.322. The third-order valence-electron chi connectivity index (χ3n) is 0. The summed E-state index contributed by atoms with van der Waals surface area (Å²) in [5.41, 5.74) is 0. The summed E-state index contributed by atoms with van der Waals surface area (Å²) in [4.78, 5) is 8.00. The predicted octanol–water partition coefficient (Wildman–Crippen LogP) is -0.794. The summed E-state index contributed by atoms with van der Waals surface area (Å²) in [7, 11) is 0. The molecule has 0 aromatic heterocycles. The van der Waals surface area contributed by atoms with Crippen molar-refractivity contribution in [2.75, 3.05) is 0 Å². The molecule has 0 saturated carbocycles. The summed E-state index contributed by atoms with van der Waals surface area (Å²) >= 11 is 0. The number of nitrogens with zero attached hydrogens (tertiary/aromatic N) is 1. The van der Waals surface area contributed by atoms with E-state index in [-0.39, 0.29) is 27.3 Å². The van der Waals surface area contributed by atoms with Crippen molar-refractivity contribution in [1.29, 1.82) is 0 Å². The van der Waals surface area contributed by atoms with Gasteiger partial charge >= 0.3 is 5.34 Å². The van der Waals surface area contributed by atoms with Gasteiger partial charge in [0.05, 0.1) is 0 Å². The van der Waals surface area contributed by atoms with E-state index in [9.17, 15) is 0 Å². The van der Waals surface area contributed by atoms with E-state index in [1.807, 2.05) is 0 Å². The van der Waals surface area contributed by atoms with E-state index in [0.29, 0.717) is 0 Å². The molecular formula is NO2Pb. The van der Waals surface area contributed by atoms with Crippen LogP contribution in [-0.2, 0) is 0 Å². The van der Waals surface area contributed by atoms with Gasteiger partial charge in [-0.1, -0.05) is 0 Å². The molecule has 0 aliphatic carbocycles. The van der Waals surface area contributed by atoms with Crippen LogP contribution in [0.2, 0.25) is 0 Å². The molecule has 0 rings (SSSR count). The van der Waals surface area contributed by atoms with Gasteiger partial charge in [0.1, 0.15) is 0 Å². The first-order valence-corrected chi connectivity index (χ1v) is 0.365. The maximum Gasteiger partial charge on any atom is 0.387 e. The zero-order chi connectivity index (χ0) is 2.71. The molecule has 0 aromatic rings. The Balaban J connectivity index is 0. The van der Waals surface area contributed by atoms with Crippen molar-refractivity contribution in [3.63, 3.8) is 0 Å². The van der Waals surface area contributed by atoms with Crippen LogP contribution >= 0.6 is 0 Å². The van der Waals surface area contributed by atoms with Gasteiger partial charge < -0.3 is 0 Å². The van der Waals surface area contributed by atoms with Gasteiger partial charge in [-0.2, -0.15) is 10.1 Å². The summed E-state index contributed by atoms with van der Waals surface area (Å²) < 4.78 is 0. The Morgan fingerprint density at radius 1 is 1.75 bits per heavy atom. The molecule has 0 unspecified atom stereocenters. The SMILES string of the molecule is O=[N+][O-].[Pb]. The molecule has 0 atom stereocenters. The Hall–Kier alpha value is 0.322. The van der Waals surface area contributed by atoms with Gasteiger partial charge in [0.25, 0.3) is 0 Å². The molecule has 0 aliphatic heterocycles. The van der Waals surface area contributed by atoms with Crippen LogP contribution in [0.5, 0.6) is 0 Å². The fourth-order valence-electron chi connectivity index (χ4n) is 0. The number of hydrogen-bond acceptors (Lipinski definition) is 3. The Morgan fingerprint density at radius 2 is 1.75 bits per heavy atom. The van der Waals surface area contributed by atoms with Crippen molar-refractivity contribution in [3.05, 3.63) is 10.1 Å². The van der Waals surface area contributed by atoms with E-state index in [0.717, 1.165) is 5.34 Å². The van der Waals surface area contributed by atoms with E-state index in [1.54, 1.807) is 0 Å². The van der Waals surface area contributed by atoms with Gasteiger partial charge in [-0.25, -0.2) is 0 Å². The minimum atomic E-state index is 0. The third kappa shape index (κ3) is 39.1. The predicted molar refractivity (Wildman–Crippen MR) is 14.6 cm³/mol. The number of rotatable bonds is 0. The minimum Gasteiger partial charge on any atom is -0.194 e. The zero-order valence-corrected chi connectivity index (χ0v) is 5.65. The molecular weight excluding hydrogens is 253 g/mol. The fourth-order valence-corrected chi connectivity index (χ4v) is 0. The monoisotopic (exact) mass is 254 g/mol. The van der Waals surface area contributed by atoms with Crippen molar-refractivity contribution in [2.24, 2.45) is 0 Å². The third-order valence-corrected chi connectivity index (χ3v) is 0. The second-order valence-electron chi connectivity index (χ2n) is 0.0745. The van der Waals surface area contributed by atoms with Crippen LogP contribution in [0, 0.1) is 10.1 Å². The topological polar surface area (TPSA) is 54.2 Å². The van der Waals surface area contributed by atoms with E-state index in [1.165, 1.54) is 0 Å². The summed E-state index contributed by atoms with van der Waals surface area (Å²) in [5.74, 6) is 0. The second-order valence-corrected chi connectivity index (χ2v) is 0.0745. The smallest absolute Gasteiger partial charge is 0.194 e. The van der Waals surface area contributed by atoms with E-state index >= 15 is 0 Å². The summed E-state index contributed by atoms with van der Waals surface area (Å²) in [5, 5.41) is 9.00. The Labute approximate surface area is 43.1 Å². The molecule has 3 nitrogen and oxygen atoms in total. The van der Waals surface area contributed by atoms with Crippen molar-refractivity contribution in [2.45, 2.75) is 0 Å². The van der Waals surface area contributed by atoms with Gasteiger partial charge in [-0.05, 0) is 0 Å². The average Bonchev–Trinajstić information content (AvgIpc) is 0.918. The van der Waals surface area contributed by atoms with Crippen molar-refractivity contribution in [1.82, 2.24) is 5.34 Å². The Morgan fingerprint density at radius 3 is 1.75 bits per heavy atom. The maximum absolute atomic E-state index is 8.00. The Kier molecular flexibility index (Phi) is 22.7. The van der Waals surface area contributed by atoms with Gasteiger partial charge in [0.2, 0.25) is 0 Å². The van der Waals surface area contributed by atoms with Crippen LogP contribution in [-0.4, -0.2) is 27.3 Å². The molecule has 0 heterocycles. The van der Waals surface area contributed by atoms with Gasteiger partial charge in [-0.3, -0.25) is 0 Å². The molecule has 4 heteroatoms. The van der Waals surface area contributed by atoms with Crippen LogP contribution in [0.1, 0.15) is 0 Å². The van der Waals surface area contributed by atoms with E-state index in [2.05, 4.69) is 0 Å². The van der Waals surface area contributed by atoms with Gasteiger partial charge in [-0.15, -0.1) is 0 Å². The second kappa shape index (κ2) is 10.2. The first kappa shape index (κ1) is 8.85. The first-order valence-electron chi connectivity index (χ1n) is 0.365. The summed E-state index contributed by atoms with van der Waals surface area (Å²) in [6.45, 7) is 0. The maximum atomic E-state index is 8.00. The van der Waals surface area contributed by atoms with Crippen molar-refractivity contribution in [3.8, 4) is 0 Å². The molecule has 0 amide bonds. The standard InChI is InChI=1S/NO2.Pb/c2-1-3;. The molecule has 5 radical (unpaired) electrons. The molecule has 0 bridgehead atoms. The van der Waals surface area contributed by atoms with Crippen LogP contribution in [0.3, 0.4) is 0 Å². The molecule has 21 valence electrons. The zero-order valence-electron chi connectivity index (χ0n) is 1.76. The molecule has 0 saturated heterocycles. The summed E-state index contributed by atoms with van der Waals surface area (Å²) in [6.07, 6.45) is 0. The molecule has 0 fully saturated rings. The van der Waals surface area contributed by atoms with Crippen molar-refractivity contribution >= 4 is 27.3 Å². The largest absolute Gasteiger partial charge is 0.387 e. The average molecular weight is 253 g/mol. The first-order chi connectivity index (χ1) is 1.41. The van der Waals surface area contributed by atoms with Crippen LogP contribution in [0.25, 0.3) is 0 Å². The normalized spacial score (nSPS) is 3.00. The molecule has 0 spiro atoms.